The van der Waals surface area contributed by atoms with Gasteiger partial charge in [0.2, 0.25) is 0 Å². The Morgan fingerprint density at radius 2 is 1.90 bits per heavy atom. The summed E-state index contributed by atoms with van der Waals surface area (Å²) in [7, 11) is 1.72. The van der Waals surface area contributed by atoms with Crippen molar-refractivity contribution in [1.82, 2.24) is 9.80 Å². The molecule has 1 saturated heterocycles. The maximum absolute atomic E-state index is 5.32. The Balaban J connectivity index is 1.96. The van der Waals surface area contributed by atoms with E-state index >= 15 is 0 Å². The number of methoxy groups -OCH3 is 1. The number of benzene rings is 1. The first kappa shape index (κ1) is 16.3. The van der Waals surface area contributed by atoms with E-state index in [-0.39, 0.29) is 0 Å². The molecule has 0 bridgehead atoms. The molecule has 2 rings (SSSR count). The summed E-state index contributed by atoms with van der Waals surface area (Å²) in [5.74, 6) is 0.930. The van der Waals surface area contributed by atoms with Crippen LogP contribution >= 0.6 is 31.9 Å². The molecule has 0 amide bonds. The zero-order chi connectivity index (χ0) is 14.4. The molecular formula is C15H22Br2N2O. The third-order valence-electron chi connectivity index (χ3n) is 3.73. The highest BCUT2D eigenvalue weighted by molar-refractivity contribution is 9.10. The topological polar surface area (TPSA) is 15.7 Å². The van der Waals surface area contributed by atoms with Crippen molar-refractivity contribution in [3.8, 4) is 5.75 Å². The minimum atomic E-state index is 0.930. The lowest BCUT2D eigenvalue weighted by Gasteiger charge is -2.22. The average Bonchev–Trinajstić information content (AvgIpc) is 2.67. The zero-order valence-electron chi connectivity index (χ0n) is 11.9. The van der Waals surface area contributed by atoms with E-state index in [1.807, 2.05) is 6.07 Å². The lowest BCUT2D eigenvalue weighted by Crippen LogP contribution is -2.31. The first-order chi connectivity index (χ1) is 9.72. The van der Waals surface area contributed by atoms with Gasteiger partial charge >= 0.3 is 0 Å². The maximum atomic E-state index is 5.32. The zero-order valence-corrected chi connectivity index (χ0v) is 15.1. The van der Waals surface area contributed by atoms with Gasteiger partial charge in [0.1, 0.15) is 5.75 Å². The highest BCUT2D eigenvalue weighted by Gasteiger charge is 2.15. The number of halogens is 2. The summed E-state index contributed by atoms with van der Waals surface area (Å²) >= 11 is 7.17. The minimum Gasteiger partial charge on any atom is -0.497 e. The third kappa shape index (κ3) is 4.72. The van der Waals surface area contributed by atoms with Crippen molar-refractivity contribution in [1.29, 1.82) is 0 Å². The molecule has 1 heterocycles. The summed E-state index contributed by atoms with van der Waals surface area (Å²) < 4.78 is 6.49. The van der Waals surface area contributed by atoms with E-state index in [9.17, 15) is 0 Å². The van der Waals surface area contributed by atoms with Crippen molar-refractivity contribution >= 4 is 31.9 Å². The van der Waals surface area contributed by atoms with Crippen molar-refractivity contribution in [3.05, 3.63) is 28.2 Å². The lowest BCUT2D eigenvalue weighted by atomic mass is 10.2. The molecule has 0 unspecified atom stereocenters. The van der Waals surface area contributed by atoms with Crippen LogP contribution in [0.25, 0.3) is 0 Å². The molecule has 1 aromatic rings. The molecule has 0 spiro atoms. The Labute approximate surface area is 138 Å². The molecule has 0 atom stereocenters. The summed E-state index contributed by atoms with van der Waals surface area (Å²) in [5, 5.41) is 1.06. The van der Waals surface area contributed by atoms with Crippen LogP contribution in [0.4, 0.5) is 0 Å². The van der Waals surface area contributed by atoms with Crippen LogP contribution in [-0.2, 0) is 6.54 Å². The average molecular weight is 406 g/mol. The SMILES string of the molecule is COc1ccc(Br)c(CN2CCCN(CCBr)CC2)c1. The molecule has 0 N–H and O–H groups in total. The summed E-state index contributed by atoms with van der Waals surface area (Å²) in [4.78, 5) is 5.07. The van der Waals surface area contributed by atoms with Gasteiger partial charge in [-0.2, -0.15) is 0 Å². The van der Waals surface area contributed by atoms with Crippen LogP contribution in [0, 0.1) is 0 Å². The van der Waals surface area contributed by atoms with Crippen LogP contribution in [0.5, 0.6) is 5.75 Å². The fraction of sp³-hybridized carbons (Fsp3) is 0.600. The van der Waals surface area contributed by atoms with E-state index in [1.165, 1.54) is 29.5 Å². The molecular weight excluding hydrogens is 384 g/mol. The second kappa shape index (κ2) is 8.37. The normalized spacial score (nSPS) is 17.9. The number of rotatable bonds is 5. The molecule has 1 aliphatic rings. The molecule has 1 aromatic carbocycles. The van der Waals surface area contributed by atoms with Crippen LogP contribution in [-0.4, -0.2) is 55.0 Å². The molecule has 0 radical (unpaired) electrons. The van der Waals surface area contributed by atoms with Crippen LogP contribution in [0.2, 0.25) is 0 Å². The van der Waals surface area contributed by atoms with Gasteiger partial charge in [-0.15, -0.1) is 0 Å². The molecule has 112 valence electrons. The van der Waals surface area contributed by atoms with Gasteiger partial charge in [0.05, 0.1) is 7.11 Å². The van der Waals surface area contributed by atoms with Gasteiger partial charge < -0.3 is 9.64 Å². The fourth-order valence-corrected chi connectivity index (χ4v) is 3.44. The summed E-state index contributed by atoms with van der Waals surface area (Å²) in [6.07, 6.45) is 1.24. The van der Waals surface area contributed by atoms with Crippen molar-refractivity contribution < 1.29 is 4.74 Å². The molecule has 20 heavy (non-hydrogen) atoms. The highest BCUT2D eigenvalue weighted by Crippen LogP contribution is 2.24. The predicted octanol–water partition coefficient (Wildman–Crippen LogP) is 3.36. The smallest absolute Gasteiger partial charge is 0.119 e. The summed E-state index contributed by atoms with van der Waals surface area (Å²) in [6, 6.07) is 6.20. The van der Waals surface area contributed by atoms with E-state index in [2.05, 4.69) is 53.8 Å². The molecule has 5 heteroatoms. The van der Waals surface area contributed by atoms with Crippen LogP contribution in [0.1, 0.15) is 12.0 Å². The molecule has 3 nitrogen and oxygen atoms in total. The number of hydrogen-bond donors (Lipinski definition) is 0. The van der Waals surface area contributed by atoms with Crippen molar-refractivity contribution in [2.75, 3.05) is 45.2 Å². The first-order valence-corrected chi connectivity index (χ1v) is 8.97. The van der Waals surface area contributed by atoms with Crippen LogP contribution in [0.3, 0.4) is 0 Å². The monoisotopic (exact) mass is 404 g/mol. The Hall–Kier alpha value is -0.100. The molecule has 0 aliphatic carbocycles. The van der Waals surface area contributed by atoms with E-state index < -0.39 is 0 Å². The van der Waals surface area contributed by atoms with Gasteiger partial charge in [-0.05, 0) is 43.3 Å². The summed E-state index contributed by atoms with van der Waals surface area (Å²) in [5.41, 5.74) is 1.30. The number of alkyl halides is 1. The van der Waals surface area contributed by atoms with Gasteiger partial charge in [0.15, 0.2) is 0 Å². The van der Waals surface area contributed by atoms with Gasteiger partial charge in [-0.25, -0.2) is 0 Å². The van der Waals surface area contributed by atoms with Crippen molar-refractivity contribution in [3.63, 3.8) is 0 Å². The molecule has 1 fully saturated rings. The van der Waals surface area contributed by atoms with E-state index in [1.54, 1.807) is 7.11 Å². The van der Waals surface area contributed by atoms with E-state index in [4.69, 9.17) is 4.74 Å². The van der Waals surface area contributed by atoms with Gasteiger partial charge in [-0.3, -0.25) is 4.90 Å². The summed E-state index contributed by atoms with van der Waals surface area (Å²) in [6.45, 7) is 6.81. The second-order valence-corrected chi connectivity index (χ2v) is 6.76. The number of nitrogens with zero attached hydrogens (tertiary/aromatic N) is 2. The van der Waals surface area contributed by atoms with Gasteiger partial charge in [0.25, 0.3) is 0 Å². The standard InChI is InChI=1S/C15H22Br2N2O/c1-20-14-3-4-15(17)13(11-14)12-19-7-2-6-18(8-5-16)9-10-19/h3-4,11H,2,5-10,12H2,1H3. The first-order valence-electron chi connectivity index (χ1n) is 7.06. The van der Waals surface area contributed by atoms with Crippen molar-refractivity contribution in [2.24, 2.45) is 0 Å². The number of hydrogen-bond acceptors (Lipinski definition) is 3. The van der Waals surface area contributed by atoms with Gasteiger partial charge in [-0.1, -0.05) is 31.9 Å². The van der Waals surface area contributed by atoms with Crippen molar-refractivity contribution in [2.45, 2.75) is 13.0 Å². The Bertz CT molecular complexity index is 428. The Morgan fingerprint density at radius 3 is 2.65 bits per heavy atom. The van der Waals surface area contributed by atoms with Crippen LogP contribution in [0.15, 0.2) is 22.7 Å². The second-order valence-electron chi connectivity index (χ2n) is 5.12. The fourth-order valence-electron chi connectivity index (χ4n) is 2.57. The third-order valence-corrected chi connectivity index (χ3v) is 4.86. The van der Waals surface area contributed by atoms with E-state index in [0.717, 1.165) is 37.3 Å². The number of ether oxygens (including phenoxy) is 1. The Kier molecular flexibility index (Phi) is 6.81. The Morgan fingerprint density at radius 1 is 1.15 bits per heavy atom. The lowest BCUT2D eigenvalue weighted by molar-refractivity contribution is 0.258. The quantitative estimate of drug-likeness (QED) is 0.698. The minimum absolute atomic E-state index is 0.930. The van der Waals surface area contributed by atoms with E-state index in [0.29, 0.717) is 0 Å². The largest absolute Gasteiger partial charge is 0.497 e. The predicted molar refractivity (Wildman–Crippen MR) is 90.8 cm³/mol. The molecule has 0 saturated carbocycles. The van der Waals surface area contributed by atoms with Crippen LogP contribution < -0.4 is 4.74 Å². The van der Waals surface area contributed by atoms with Gasteiger partial charge in [0, 0.05) is 36.0 Å². The molecule has 0 aromatic heterocycles. The highest BCUT2D eigenvalue weighted by atomic mass is 79.9. The molecule has 1 aliphatic heterocycles. The maximum Gasteiger partial charge on any atom is 0.119 e.